The number of nitrogens with one attached hydrogen (secondary N) is 1. The molecule has 5 nitrogen and oxygen atoms in total. The number of benzene rings is 2. The third-order valence-corrected chi connectivity index (χ3v) is 5.52. The number of primary amides is 1. The Morgan fingerprint density at radius 1 is 1.07 bits per heavy atom. The normalized spacial score (nSPS) is 13.1. The topological polar surface area (TPSA) is 88.8 Å². The molecular formula is C23H22FN3O2. The standard InChI is InChI=1S/C23H22FN3O2/c24-20-10-8-14(12-19(20)15-4-3-5-16(13-15)22(25)28)9-11-21-17-6-1-2-7-18(17)23(29)27-26-21/h3-5,8,10,12-13H,1-2,6-7,9,11H2,(H2,25,28)(H,27,29). The van der Waals surface area contributed by atoms with E-state index in [-0.39, 0.29) is 11.4 Å². The van der Waals surface area contributed by atoms with Crippen molar-refractivity contribution in [1.82, 2.24) is 10.2 Å². The number of amides is 1. The molecule has 3 N–H and O–H groups in total. The molecule has 0 radical (unpaired) electrons. The van der Waals surface area contributed by atoms with E-state index in [0.29, 0.717) is 29.5 Å². The third kappa shape index (κ3) is 3.97. The van der Waals surface area contributed by atoms with Gasteiger partial charge in [-0.15, -0.1) is 0 Å². The number of aromatic amines is 1. The van der Waals surface area contributed by atoms with Crippen molar-refractivity contribution in [1.29, 1.82) is 0 Å². The van der Waals surface area contributed by atoms with Crippen LogP contribution in [-0.4, -0.2) is 16.1 Å². The number of carbonyl (C=O) groups excluding carboxylic acids is 1. The van der Waals surface area contributed by atoms with E-state index >= 15 is 0 Å². The number of nitrogens with two attached hydrogens (primary N) is 1. The molecule has 4 rings (SSSR count). The molecule has 0 saturated carbocycles. The van der Waals surface area contributed by atoms with Gasteiger partial charge in [0.05, 0.1) is 5.69 Å². The van der Waals surface area contributed by atoms with Crippen LogP contribution in [0.2, 0.25) is 0 Å². The van der Waals surface area contributed by atoms with Crippen molar-refractivity contribution in [3.63, 3.8) is 0 Å². The van der Waals surface area contributed by atoms with Gasteiger partial charge in [0.25, 0.3) is 5.56 Å². The Morgan fingerprint density at radius 3 is 2.66 bits per heavy atom. The molecule has 2 aromatic carbocycles. The van der Waals surface area contributed by atoms with Gasteiger partial charge in [0, 0.05) is 16.7 Å². The molecule has 0 fully saturated rings. The summed E-state index contributed by atoms with van der Waals surface area (Å²) in [4.78, 5) is 23.4. The second-order valence-electron chi connectivity index (χ2n) is 7.42. The van der Waals surface area contributed by atoms with Crippen LogP contribution in [-0.2, 0) is 25.7 Å². The van der Waals surface area contributed by atoms with Gasteiger partial charge >= 0.3 is 0 Å². The number of halogens is 1. The van der Waals surface area contributed by atoms with Gasteiger partial charge in [-0.3, -0.25) is 9.59 Å². The minimum atomic E-state index is -0.544. The molecule has 29 heavy (non-hydrogen) atoms. The van der Waals surface area contributed by atoms with Crippen LogP contribution in [0.15, 0.2) is 47.3 Å². The van der Waals surface area contributed by atoms with Crippen LogP contribution in [0.1, 0.15) is 45.6 Å². The summed E-state index contributed by atoms with van der Waals surface area (Å²) in [6.45, 7) is 0. The summed E-state index contributed by atoms with van der Waals surface area (Å²) in [6, 6.07) is 11.7. The zero-order valence-corrected chi connectivity index (χ0v) is 16.0. The molecule has 3 aromatic rings. The summed E-state index contributed by atoms with van der Waals surface area (Å²) >= 11 is 0. The molecule has 0 bridgehead atoms. The highest BCUT2D eigenvalue weighted by molar-refractivity contribution is 5.94. The van der Waals surface area contributed by atoms with Gasteiger partial charge in [-0.25, -0.2) is 9.49 Å². The summed E-state index contributed by atoms with van der Waals surface area (Å²) in [5.74, 6) is -0.896. The van der Waals surface area contributed by atoms with Gasteiger partial charge in [-0.05, 0) is 79.5 Å². The Hall–Kier alpha value is -3.28. The Morgan fingerprint density at radius 2 is 1.86 bits per heavy atom. The maximum atomic E-state index is 14.5. The molecule has 0 spiro atoms. The van der Waals surface area contributed by atoms with Crippen molar-refractivity contribution in [2.75, 3.05) is 0 Å². The van der Waals surface area contributed by atoms with Crippen molar-refractivity contribution in [2.45, 2.75) is 38.5 Å². The van der Waals surface area contributed by atoms with E-state index in [4.69, 9.17) is 5.73 Å². The SMILES string of the molecule is NC(=O)c1cccc(-c2cc(CCc3n[nH]c(=O)c4c3CCCC4)ccc2F)c1. The van der Waals surface area contributed by atoms with Gasteiger partial charge in [0.1, 0.15) is 5.82 Å². The van der Waals surface area contributed by atoms with Gasteiger partial charge < -0.3 is 5.73 Å². The maximum Gasteiger partial charge on any atom is 0.267 e. The van der Waals surface area contributed by atoms with Gasteiger partial charge in [-0.2, -0.15) is 5.10 Å². The van der Waals surface area contributed by atoms with Crippen molar-refractivity contribution < 1.29 is 9.18 Å². The zero-order valence-electron chi connectivity index (χ0n) is 16.0. The summed E-state index contributed by atoms with van der Waals surface area (Å²) in [6.07, 6.45) is 5.14. The van der Waals surface area contributed by atoms with Crippen LogP contribution in [0.5, 0.6) is 0 Å². The predicted molar refractivity (Wildman–Crippen MR) is 109 cm³/mol. The Balaban J connectivity index is 1.60. The molecule has 1 aliphatic carbocycles. The van der Waals surface area contributed by atoms with Crippen LogP contribution in [0.3, 0.4) is 0 Å². The fraction of sp³-hybridized carbons (Fsp3) is 0.261. The number of hydrogen-bond donors (Lipinski definition) is 2. The smallest absolute Gasteiger partial charge is 0.267 e. The molecule has 0 aliphatic heterocycles. The van der Waals surface area contributed by atoms with Crippen LogP contribution in [0.4, 0.5) is 4.39 Å². The van der Waals surface area contributed by atoms with Crippen LogP contribution >= 0.6 is 0 Å². The quantitative estimate of drug-likeness (QED) is 0.699. The van der Waals surface area contributed by atoms with E-state index in [9.17, 15) is 14.0 Å². The monoisotopic (exact) mass is 391 g/mol. The zero-order chi connectivity index (χ0) is 20.4. The van der Waals surface area contributed by atoms with Gasteiger partial charge in [0.2, 0.25) is 5.91 Å². The number of nitrogens with zero attached hydrogens (tertiary/aromatic N) is 1. The highest BCUT2D eigenvalue weighted by Gasteiger charge is 2.18. The number of aryl methyl sites for hydroxylation is 2. The van der Waals surface area contributed by atoms with Gasteiger partial charge in [0.15, 0.2) is 0 Å². The second-order valence-corrected chi connectivity index (χ2v) is 7.42. The molecule has 1 amide bonds. The maximum absolute atomic E-state index is 14.5. The van der Waals surface area contributed by atoms with E-state index < -0.39 is 5.91 Å². The number of hydrogen-bond acceptors (Lipinski definition) is 3. The van der Waals surface area contributed by atoms with E-state index in [1.54, 1.807) is 36.4 Å². The number of rotatable bonds is 5. The molecule has 0 unspecified atom stereocenters. The summed E-state index contributed by atoms with van der Waals surface area (Å²) in [5.41, 5.74) is 10.5. The number of H-pyrrole nitrogens is 1. The van der Waals surface area contributed by atoms with E-state index in [1.807, 2.05) is 0 Å². The first kappa shape index (κ1) is 19.1. The molecule has 0 saturated heterocycles. The Bertz CT molecular complexity index is 1140. The first-order valence-electron chi connectivity index (χ1n) is 9.81. The lowest BCUT2D eigenvalue weighted by molar-refractivity contribution is 0.100. The third-order valence-electron chi connectivity index (χ3n) is 5.52. The minimum absolute atomic E-state index is 0.0816. The largest absolute Gasteiger partial charge is 0.366 e. The lowest BCUT2D eigenvalue weighted by Crippen LogP contribution is -2.23. The van der Waals surface area contributed by atoms with Crippen LogP contribution < -0.4 is 11.3 Å². The number of fused-ring (bicyclic) bond motifs is 1. The van der Waals surface area contributed by atoms with Crippen LogP contribution in [0.25, 0.3) is 11.1 Å². The molecule has 0 atom stereocenters. The van der Waals surface area contributed by atoms with Crippen molar-refractivity contribution in [3.8, 4) is 11.1 Å². The molecule has 1 aromatic heterocycles. The lowest BCUT2D eigenvalue weighted by atomic mass is 9.90. The fourth-order valence-electron chi connectivity index (χ4n) is 3.99. The highest BCUT2D eigenvalue weighted by Crippen LogP contribution is 2.26. The van der Waals surface area contributed by atoms with Crippen LogP contribution in [0, 0.1) is 5.82 Å². The van der Waals surface area contributed by atoms with Gasteiger partial charge in [-0.1, -0.05) is 18.2 Å². The van der Waals surface area contributed by atoms with Crippen molar-refractivity contribution in [3.05, 3.63) is 86.6 Å². The number of aromatic nitrogens is 2. The first-order valence-corrected chi connectivity index (χ1v) is 9.81. The molecule has 148 valence electrons. The van der Waals surface area contributed by atoms with Crippen molar-refractivity contribution >= 4 is 5.91 Å². The average Bonchev–Trinajstić information content (AvgIpc) is 2.74. The summed E-state index contributed by atoms with van der Waals surface area (Å²) in [7, 11) is 0. The fourth-order valence-corrected chi connectivity index (χ4v) is 3.99. The highest BCUT2D eigenvalue weighted by atomic mass is 19.1. The minimum Gasteiger partial charge on any atom is -0.366 e. The summed E-state index contributed by atoms with van der Waals surface area (Å²) < 4.78 is 14.5. The predicted octanol–water partition coefficient (Wildman–Crippen LogP) is 3.34. The molecule has 1 aliphatic rings. The second kappa shape index (κ2) is 7.99. The Labute approximate surface area is 167 Å². The molecule has 6 heteroatoms. The first-order chi connectivity index (χ1) is 14.0. The number of carbonyl (C=O) groups is 1. The van der Waals surface area contributed by atoms with E-state index in [0.717, 1.165) is 48.1 Å². The van der Waals surface area contributed by atoms with E-state index in [2.05, 4.69) is 10.2 Å². The Kier molecular flexibility index (Phi) is 5.25. The van der Waals surface area contributed by atoms with Crippen molar-refractivity contribution in [2.24, 2.45) is 5.73 Å². The van der Waals surface area contributed by atoms with E-state index in [1.165, 1.54) is 6.07 Å². The summed E-state index contributed by atoms with van der Waals surface area (Å²) in [5, 5.41) is 6.89. The molecular weight excluding hydrogens is 369 g/mol. The lowest BCUT2D eigenvalue weighted by Gasteiger charge is -2.17. The average molecular weight is 391 g/mol. The molecule has 1 heterocycles.